The van der Waals surface area contributed by atoms with Crippen molar-refractivity contribution in [3.8, 4) is 0 Å². The van der Waals surface area contributed by atoms with Crippen LogP contribution in [0.1, 0.15) is 37.6 Å². The number of aliphatic hydroxyl groups is 3. The first-order valence-corrected chi connectivity index (χ1v) is 13.4. The highest BCUT2D eigenvalue weighted by atomic mass is 31.2. The Labute approximate surface area is 213 Å². The Kier molecular flexibility index (Phi) is 9.27. The number of benzene rings is 1. The average Bonchev–Trinajstić information content (AvgIpc) is 3.17. The van der Waals surface area contributed by atoms with Gasteiger partial charge in [-0.1, -0.05) is 32.0 Å². The molecule has 14 heteroatoms. The quantitative estimate of drug-likeness (QED) is 0.200. The fourth-order valence-electron chi connectivity index (χ4n) is 4.26. The monoisotopic (exact) mass is 543 g/mol. The van der Waals surface area contributed by atoms with Gasteiger partial charge in [0, 0.05) is 18.0 Å². The zero-order valence-electron chi connectivity index (χ0n) is 20.7. The smallest absolute Gasteiger partial charge is 0.406 e. The molecule has 13 nitrogen and oxygen atoms in total. The molecule has 2 heterocycles. The number of hydrogen-bond donors (Lipinski definition) is 7. The Morgan fingerprint density at radius 3 is 2.46 bits per heavy atom. The number of carboxylic acid groups (broad SMARTS) is 1. The number of nitrogens with zero attached hydrogens (tertiary/aromatic N) is 1. The van der Waals surface area contributed by atoms with Gasteiger partial charge >= 0.3 is 13.7 Å². The molecule has 1 saturated heterocycles. The topological polar surface area (TPSA) is 214 Å². The molecular formula is C23H34N3O10P. The molecule has 1 aliphatic rings. The highest BCUT2D eigenvalue weighted by Gasteiger charge is 2.45. The highest BCUT2D eigenvalue weighted by molar-refractivity contribution is 7.50. The molecule has 0 amide bonds. The van der Waals surface area contributed by atoms with Crippen LogP contribution in [0, 0.1) is 5.92 Å². The van der Waals surface area contributed by atoms with Crippen molar-refractivity contribution in [3.63, 3.8) is 0 Å². The summed E-state index contributed by atoms with van der Waals surface area (Å²) in [5.41, 5.74) is 7.00. The fourth-order valence-corrected chi connectivity index (χ4v) is 5.37. The minimum atomic E-state index is -4.92. The van der Waals surface area contributed by atoms with Gasteiger partial charge in [-0.3, -0.25) is 18.7 Å². The highest BCUT2D eigenvalue weighted by Crippen LogP contribution is 2.42. The molecule has 1 fully saturated rings. The third kappa shape index (κ3) is 6.82. The van der Waals surface area contributed by atoms with Gasteiger partial charge in [-0.2, -0.15) is 0 Å². The third-order valence-electron chi connectivity index (χ3n) is 6.17. The summed E-state index contributed by atoms with van der Waals surface area (Å²) in [5.74, 6) is -1.67. The van der Waals surface area contributed by atoms with Gasteiger partial charge in [-0.15, -0.1) is 0 Å². The van der Waals surface area contributed by atoms with E-state index in [4.69, 9.17) is 15.0 Å². The number of carbonyl (C=O) groups is 2. The summed E-state index contributed by atoms with van der Waals surface area (Å²) in [4.78, 5) is 35.3. The number of rotatable bonds is 10. The Balaban J connectivity index is 1.83. The van der Waals surface area contributed by atoms with E-state index >= 15 is 0 Å². The molecule has 2 aromatic rings. The van der Waals surface area contributed by atoms with Crippen LogP contribution < -0.4 is 10.8 Å². The number of carbonyl (C=O) groups excluding carboxylic acids is 1. The summed E-state index contributed by atoms with van der Waals surface area (Å²) in [6.07, 6.45) is -6.29. The maximum atomic E-state index is 13.0. The lowest BCUT2D eigenvalue weighted by Gasteiger charge is -2.39. The van der Waals surface area contributed by atoms with Crippen molar-refractivity contribution < 1.29 is 48.7 Å². The van der Waals surface area contributed by atoms with Crippen LogP contribution in [0.4, 0.5) is 0 Å². The first-order chi connectivity index (χ1) is 17.2. The van der Waals surface area contributed by atoms with E-state index in [-0.39, 0.29) is 18.2 Å². The van der Waals surface area contributed by atoms with Crippen molar-refractivity contribution in [2.75, 3.05) is 0 Å². The summed E-state index contributed by atoms with van der Waals surface area (Å²) in [5, 5.41) is 42.1. The average molecular weight is 544 g/mol. The van der Waals surface area contributed by atoms with E-state index in [0.717, 1.165) is 0 Å². The molecule has 1 aromatic heterocycles. The maximum absolute atomic E-state index is 13.0. The van der Waals surface area contributed by atoms with Crippen LogP contribution in [-0.4, -0.2) is 84.6 Å². The number of fused-ring (bicyclic) bond motifs is 1. The number of aliphatic carboxylic acids is 1. The van der Waals surface area contributed by atoms with E-state index in [2.05, 4.69) is 0 Å². The first-order valence-electron chi connectivity index (χ1n) is 11.8. The van der Waals surface area contributed by atoms with Crippen molar-refractivity contribution in [3.05, 3.63) is 36.0 Å². The standard InChI is InChI=1S/C23H34N3O10P/c1-11(2)8-15(24)21(30)26-10-13(14-6-4-5-7-17(14)26)9-16(22(31)32)25-37(33,34)36-23-20(29)19(28)18(27)12(3)35-23/h4-7,10-12,15-16,18-20,23,27-29H,8-9,24H2,1-3H3,(H,31,32)(H2,25,33,34)/t12-,15-,16-,18-,19+,20+,23-/m0/s1. The van der Waals surface area contributed by atoms with E-state index in [9.17, 15) is 39.5 Å². The van der Waals surface area contributed by atoms with Gasteiger partial charge in [0.15, 0.2) is 6.29 Å². The van der Waals surface area contributed by atoms with E-state index < -0.39 is 56.5 Å². The van der Waals surface area contributed by atoms with Gasteiger partial charge in [0.1, 0.15) is 24.4 Å². The normalized spacial score (nSPS) is 27.6. The van der Waals surface area contributed by atoms with Gasteiger partial charge < -0.3 is 35.8 Å². The molecule has 0 aliphatic carbocycles. The number of para-hydroxylation sites is 1. The molecule has 37 heavy (non-hydrogen) atoms. The van der Waals surface area contributed by atoms with E-state index in [1.807, 2.05) is 18.9 Å². The predicted octanol–water partition coefficient (Wildman–Crippen LogP) is 0.185. The van der Waals surface area contributed by atoms with Crippen LogP contribution in [0.2, 0.25) is 0 Å². The Morgan fingerprint density at radius 2 is 1.84 bits per heavy atom. The summed E-state index contributed by atoms with van der Waals surface area (Å²) in [7, 11) is -4.92. The zero-order chi connectivity index (χ0) is 27.7. The molecule has 1 aliphatic heterocycles. The van der Waals surface area contributed by atoms with Crippen LogP contribution in [0.3, 0.4) is 0 Å². The molecule has 8 N–H and O–H groups in total. The second-order valence-electron chi connectivity index (χ2n) is 9.65. The zero-order valence-corrected chi connectivity index (χ0v) is 21.6. The van der Waals surface area contributed by atoms with Crippen LogP contribution in [0.15, 0.2) is 30.5 Å². The van der Waals surface area contributed by atoms with Gasteiger partial charge in [0.2, 0.25) is 5.91 Å². The number of nitrogens with two attached hydrogens (primary N) is 1. The summed E-state index contributed by atoms with van der Waals surface area (Å²) >= 11 is 0. The predicted molar refractivity (Wildman–Crippen MR) is 132 cm³/mol. The van der Waals surface area contributed by atoms with Gasteiger partial charge in [0.05, 0.1) is 17.7 Å². The van der Waals surface area contributed by atoms with Crippen molar-refractivity contribution >= 4 is 30.5 Å². The molecule has 0 radical (unpaired) electrons. The largest absolute Gasteiger partial charge is 0.480 e. The molecular weight excluding hydrogens is 509 g/mol. The number of nitrogens with one attached hydrogen (secondary N) is 1. The maximum Gasteiger partial charge on any atom is 0.406 e. The summed E-state index contributed by atoms with van der Waals surface area (Å²) in [6.45, 7) is 5.23. The minimum Gasteiger partial charge on any atom is -0.480 e. The molecule has 206 valence electrons. The third-order valence-corrected chi connectivity index (χ3v) is 7.30. The number of aromatic nitrogens is 1. The number of ether oxygens (including phenoxy) is 1. The molecule has 0 spiro atoms. The van der Waals surface area contributed by atoms with Crippen molar-refractivity contribution in [2.45, 2.75) is 76.4 Å². The van der Waals surface area contributed by atoms with E-state index in [0.29, 0.717) is 22.9 Å². The number of carboxylic acids is 1. The lowest BCUT2D eigenvalue weighted by molar-refractivity contribution is -0.270. The lowest BCUT2D eigenvalue weighted by Crippen LogP contribution is -2.57. The molecule has 0 bridgehead atoms. The van der Waals surface area contributed by atoms with Gasteiger partial charge in [0.25, 0.3) is 0 Å². The van der Waals surface area contributed by atoms with Crippen LogP contribution in [-0.2, 0) is 25.0 Å². The Morgan fingerprint density at radius 1 is 1.19 bits per heavy atom. The molecule has 8 atom stereocenters. The van der Waals surface area contributed by atoms with Crippen LogP contribution >= 0.6 is 7.75 Å². The van der Waals surface area contributed by atoms with Crippen molar-refractivity contribution in [1.82, 2.24) is 9.65 Å². The van der Waals surface area contributed by atoms with Crippen molar-refractivity contribution in [1.29, 1.82) is 0 Å². The van der Waals surface area contributed by atoms with E-state index in [1.165, 1.54) is 17.7 Å². The molecule has 1 aromatic carbocycles. The summed E-state index contributed by atoms with van der Waals surface area (Å²) in [6, 6.07) is 4.38. The van der Waals surface area contributed by atoms with Gasteiger partial charge in [-0.25, -0.2) is 9.65 Å². The minimum absolute atomic E-state index is 0.179. The van der Waals surface area contributed by atoms with Crippen LogP contribution in [0.5, 0.6) is 0 Å². The van der Waals surface area contributed by atoms with E-state index in [1.54, 1.807) is 24.3 Å². The number of hydrogen-bond acceptors (Lipinski definition) is 9. The molecule has 1 unspecified atom stereocenters. The van der Waals surface area contributed by atoms with Gasteiger partial charge in [-0.05, 0) is 30.9 Å². The summed E-state index contributed by atoms with van der Waals surface area (Å²) < 4.78 is 24.2. The SMILES string of the molecule is CC(C)C[C@H](N)C(=O)n1cc(C[C@H](NP(=O)(O)O[C@@H]2O[C@@H](C)[C@H](O)[C@@H](O)[C@H]2O)C(=O)O)c2ccccc21. The Hall–Kier alpha value is -2.19. The van der Waals surface area contributed by atoms with Crippen molar-refractivity contribution in [2.24, 2.45) is 11.7 Å². The molecule has 3 rings (SSSR count). The molecule has 0 saturated carbocycles. The first kappa shape index (κ1) is 29.4. The fraction of sp³-hybridized carbons (Fsp3) is 0.565. The second kappa shape index (κ2) is 11.7. The lowest BCUT2D eigenvalue weighted by atomic mass is 10.0. The van der Waals surface area contributed by atoms with Crippen LogP contribution in [0.25, 0.3) is 10.9 Å². The Bertz CT molecular complexity index is 1170. The number of aliphatic hydroxyl groups excluding tert-OH is 3. The second-order valence-corrected chi connectivity index (χ2v) is 11.2.